The molecular weight excluding hydrogens is 452 g/mol. The molecule has 0 heterocycles. The zero-order valence-electron chi connectivity index (χ0n) is 13.8. The summed E-state index contributed by atoms with van der Waals surface area (Å²) in [5.74, 6) is -0.424. The van der Waals surface area contributed by atoms with Gasteiger partial charge in [0, 0.05) is 15.2 Å². The molecule has 27 heavy (non-hydrogen) atoms. The Morgan fingerprint density at radius 3 is 2.19 bits per heavy atom. The molecule has 8 heteroatoms. The number of anilines is 2. The van der Waals surface area contributed by atoms with Gasteiger partial charge in [0.1, 0.15) is 0 Å². The van der Waals surface area contributed by atoms with Gasteiger partial charge in [-0.15, -0.1) is 0 Å². The number of rotatable bonds is 5. The number of nitrogens with one attached hydrogen (secondary N) is 2. The zero-order valence-corrected chi connectivity index (χ0v) is 17.0. The number of sulfonamides is 1. The van der Waals surface area contributed by atoms with Crippen LogP contribution in [0, 0.1) is 0 Å². The van der Waals surface area contributed by atoms with Crippen molar-refractivity contribution >= 4 is 54.8 Å². The maximum Gasteiger partial charge on any atom is 0.261 e. The third kappa shape index (κ3) is 4.88. The lowest BCUT2D eigenvalue weighted by Gasteiger charge is -2.13. The molecule has 5 nitrogen and oxygen atoms in total. The van der Waals surface area contributed by atoms with Crippen molar-refractivity contribution in [2.24, 2.45) is 0 Å². The second-order valence-corrected chi connectivity index (χ2v) is 8.60. The normalized spacial score (nSPS) is 11.0. The minimum atomic E-state index is -3.86. The molecule has 0 aromatic heterocycles. The maximum absolute atomic E-state index is 12.6. The van der Waals surface area contributed by atoms with Crippen LogP contribution < -0.4 is 10.0 Å². The zero-order chi connectivity index (χ0) is 19.4. The average molecular weight is 466 g/mol. The Labute approximate surface area is 170 Å². The van der Waals surface area contributed by atoms with Crippen LogP contribution >= 0.6 is 27.5 Å². The molecule has 0 saturated heterocycles. The summed E-state index contributed by atoms with van der Waals surface area (Å²) in [6.45, 7) is 0. The third-order valence-corrected chi connectivity index (χ3v) is 5.80. The Morgan fingerprint density at radius 1 is 0.889 bits per heavy atom. The number of hydrogen-bond acceptors (Lipinski definition) is 3. The van der Waals surface area contributed by atoms with Gasteiger partial charge in [-0.3, -0.25) is 9.52 Å². The Balaban J connectivity index is 1.86. The van der Waals surface area contributed by atoms with E-state index in [1.807, 2.05) is 0 Å². The number of para-hydroxylation sites is 1. The van der Waals surface area contributed by atoms with Crippen LogP contribution in [0.4, 0.5) is 11.4 Å². The van der Waals surface area contributed by atoms with Gasteiger partial charge in [-0.25, -0.2) is 8.42 Å². The van der Waals surface area contributed by atoms with Gasteiger partial charge in [0.2, 0.25) is 0 Å². The SMILES string of the molecule is O=C(Nc1ccc(Br)cc1)c1ccccc1NS(=O)(=O)c1ccc(Cl)cc1. The van der Waals surface area contributed by atoms with E-state index in [1.54, 1.807) is 42.5 Å². The summed E-state index contributed by atoms with van der Waals surface area (Å²) < 4.78 is 28.5. The van der Waals surface area contributed by atoms with Gasteiger partial charge in [-0.2, -0.15) is 0 Å². The first-order chi connectivity index (χ1) is 12.8. The Morgan fingerprint density at radius 2 is 1.52 bits per heavy atom. The van der Waals surface area contributed by atoms with Crippen LogP contribution in [0.15, 0.2) is 82.2 Å². The predicted octanol–water partition coefficient (Wildman–Crippen LogP) is 5.16. The Bertz CT molecular complexity index is 1070. The fourth-order valence-corrected chi connectivity index (χ4v) is 3.79. The van der Waals surface area contributed by atoms with Crippen molar-refractivity contribution in [3.05, 3.63) is 87.9 Å². The summed E-state index contributed by atoms with van der Waals surface area (Å²) >= 11 is 9.13. The molecule has 0 aliphatic rings. The summed E-state index contributed by atoms with van der Waals surface area (Å²) in [6.07, 6.45) is 0. The quantitative estimate of drug-likeness (QED) is 0.547. The topological polar surface area (TPSA) is 75.3 Å². The number of hydrogen-bond donors (Lipinski definition) is 2. The van der Waals surface area contributed by atoms with E-state index in [-0.39, 0.29) is 16.1 Å². The molecular formula is C19H14BrClN2O3S. The summed E-state index contributed by atoms with van der Waals surface area (Å²) in [5.41, 5.74) is 0.985. The standard InChI is InChI=1S/C19H14BrClN2O3S/c20-13-5-9-15(10-6-13)22-19(24)17-3-1-2-4-18(17)23-27(25,26)16-11-7-14(21)8-12-16/h1-12,23H,(H,22,24). The van der Waals surface area contributed by atoms with Crippen molar-refractivity contribution in [2.75, 3.05) is 10.0 Å². The summed E-state index contributed by atoms with van der Waals surface area (Å²) in [5, 5.41) is 3.18. The van der Waals surface area contributed by atoms with E-state index in [4.69, 9.17) is 11.6 Å². The molecule has 0 spiro atoms. The van der Waals surface area contributed by atoms with Crippen LogP contribution in [-0.2, 0) is 10.0 Å². The summed E-state index contributed by atoms with van der Waals surface area (Å²) in [4.78, 5) is 12.7. The largest absolute Gasteiger partial charge is 0.322 e. The smallest absolute Gasteiger partial charge is 0.261 e. The Hall–Kier alpha value is -2.35. The highest BCUT2D eigenvalue weighted by Crippen LogP contribution is 2.23. The van der Waals surface area contributed by atoms with Gasteiger partial charge in [-0.1, -0.05) is 39.7 Å². The van der Waals surface area contributed by atoms with Gasteiger partial charge < -0.3 is 5.32 Å². The summed E-state index contributed by atoms with van der Waals surface area (Å²) in [6, 6.07) is 19.2. The highest BCUT2D eigenvalue weighted by Gasteiger charge is 2.18. The molecule has 3 aromatic carbocycles. The van der Waals surface area contributed by atoms with E-state index in [9.17, 15) is 13.2 Å². The van der Waals surface area contributed by atoms with E-state index in [2.05, 4.69) is 26.0 Å². The van der Waals surface area contributed by atoms with Crippen LogP contribution in [0.1, 0.15) is 10.4 Å². The molecule has 0 atom stereocenters. The number of benzene rings is 3. The molecule has 0 bridgehead atoms. The molecule has 3 aromatic rings. The lowest BCUT2D eigenvalue weighted by Crippen LogP contribution is -2.18. The van der Waals surface area contributed by atoms with E-state index < -0.39 is 15.9 Å². The number of carbonyl (C=O) groups is 1. The second kappa shape index (κ2) is 8.12. The number of halogens is 2. The molecule has 2 N–H and O–H groups in total. The maximum atomic E-state index is 12.6. The Kier molecular flexibility index (Phi) is 5.84. The van der Waals surface area contributed by atoms with E-state index in [1.165, 1.54) is 30.3 Å². The van der Waals surface area contributed by atoms with Crippen molar-refractivity contribution in [3.8, 4) is 0 Å². The molecule has 0 unspecified atom stereocenters. The number of amides is 1. The first kappa shape index (κ1) is 19.4. The fraction of sp³-hybridized carbons (Fsp3) is 0. The molecule has 0 aliphatic heterocycles. The van der Waals surface area contributed by atoms with Crippen LogP contribution in [0.2, 0.25) is 5.02 Å². The molecule has 3 rings (SSSR count). The molecule has 138 valence electrons. The number of carbonyl (C=O) groups excluding carboxylic acids is 1. The van der Waals surface area contributed by atoms with E-state index in [0.29, 0.717) is 10.7 Å². The van der Waals surface area contributed by atoms with Crippen molar-refractivity contribution in [3.63, 3.8) is 0 Å². The van der Waals surface area contributed by atoms with Gasteiger partial charge in [0.05, 0.1) is 16.1 Å². The summed E-state index contributed by atoms with van der Waals surface area (Å²) in [7, 11) is -3.86. The molecule has 1 amide bonds. The second-order valence-electron chi connectivity index (χ2n) is 5.57. The molecule has 0 fully saturated rings. The monoisotopic (exact) mass is 464 g/mol. The lowest BCUT2D eigenvalue weighted by atomic mass is 10.1. The van der Waals surface area contributed by atoms with Gasteiger partial charge in [0.15, 0.2) is 0 Å². The minimum absolute atomic E-state index is 0.0509. The first-order valence-electron chi connectivity index (χ1n) is 7.79. The van der Waals surface area contributed by atoms with Crippen molar-refractivity contribution in [2.45, 2.75) is 4.90 Å². The first-order valence-corrected chi connectivity index (χ1v) is 10.4. The highest BCUT2D eigenvalue weighted by atomic mass is 79.9. The van der Waals surface area contributed by atoms with Crippen LogP contribution in [0.5, 0.6) is 0 Å². The minimum Gasteiger partial charge on any atom is -0.322 e. The van der Waals surface area contributed by atoms with Crippen LogP contribution in [-0.4, -0.2) is 14.3 Å². The fourth-order valence-electron chi connectivity index (χ4n) is 2.32. The van der Waals surface area contributed by atoms with Gasteiger partial charge in [0.25, 0.3) is 15.9 Å². The van der Waals surface area contributed by atoms with Gasteiger partial charge >= 0.3 is 0 Å². The average Bonchev–Trinajstić information content (AvgIpc) is 2.64. The van der Waals surface area contributed by atoms with Crippen LogP contribution in [0.3, 0.4) is 0 Å². The van der Waals surface area contributed by atoms with Crippen molar-refractivity contribution in [1.29, 1.82) is 0 Å². The van der Waals surface area contributed by atoms with Crippen molar-refractivity contribution < 1.29 is 13.2 Å². The molecule has 0 aliphatic carbocycles. The van der Waals surface area contributed by atoms with E-state index >= 15 is 0 Å². The van der Waals surface area contributed by atoms with Crippen molar-refractivity contribution in [1.82, 2.24) is 0 Å². The van der Waals surface area contributed by atoms with E-state index in [0.717, 1.165) is 4.47 Å². The van der Waals surface area contributed by atoms with Crippen LogP contribution in [0.25, 0.3) is 0 Å². The van der Waals surface area contributed by atoms with Gasteiger partial charge in [-0.05, 0) is 60.7 Å². The third-order valence-electron chi connectivity index (χ3n) is 3.64. The molecule has 0 radical (unpaired) electrons. The lowest BCUT2D eigenvalue weighted by molar-refractivity contribution is 0.102. The predicted molar refractivity (Wildman–Crippen MR) is 111 cm³/mol. The highest BCUT2D eigenvalue weighted by molar-refractivity contribution is 9.10. The molecule has 0 saturated carbocycles.